The van der Waals surface area contributed by atoms with Crippen molar-refractivity contribution < 1.29 is 67.2 Å². The number of sulfonamides is 1. The Morgan fingerprint density at radius 2 is 1.56 bits per heavy atom. The number of carbonyl (C=O) groups is 1. The third-order valence-corrected chi connectivity index (χ3v) is 14.8. The number of nitrogens with one attached hydrogen (secondary N) is 1. The first-order valence-corrected chi connectivity index (χ1v) is 22.4. The molecule has 1 aromatic rings. The number of cyclic esters (lactones) is 1. The number of carbonyl (C=O) groups excluding carboxylic acids is 1. The normalized spacial score (nSPS) is 45.0. The van der Waals surface area contributed by atoms with E-state index in [0.29, 0.717) is 6.54 Å². The van der Waals surface area contributed by atoms with Crippen LogP contribution in [0.2, 0.25) is 0 Å². The average molecular weight is 861 g/mol. The summed E-state index contributed by atoms with van der Waals surface area (Å²) in [5, 5.41) is 61.8. The lowest BCUT2D eigenvalue weighted by molar-refractivity contribution is -0.317. The molecule has 3 aliphatic rings. The van der Waals surface area contributed by atoms with Gasteiger partial charge in [-0.3, -0.25) is 4.79 Å². The first kappa shape index (κ1) is 49.8. The van der Waals surface area contributed by atoms with Gasteiger partial charge in [0.2, 0.25) is 10.0 Å². The quantitative estimate of drug-likeness (QED) is 0.196. The van der Waals surface area contributed by atoms with Gasteiger partial charge in [-0.1, -0.05) is 39.0 Å². The molecule has 0 aromatic heterocycles. The summed E-state index contributed by atoms with van der Waals surface area (Å²) >= 11 is 0. The average Bonchev–Trinajstić information content (AvgIpc) is 3.18. The number of ether oxygens (including phenoxy) is 6. The molecule has 0 radical (unpaired) electrons. The van der Waals surface area contributed by atoms with Gasteiger partial charge in [-0.05, 0) is 92.3 Å². The molecule has 1 aromatic carbocycles. The smallest absolute Gasteiger partial charge is 0.311 e. The van der Waals surface area contributed by atoms with Crippen LogP contribution < -0.4 is 5.32 Å². The van der Waals surface area contributed by atoms with E-state index in [1.807, 2.05) is 6.92 Å². The zero-order chi connectivity index (χ0) is 44.4. The first-order chi connectivity index (χ1) is 27.3. The van der Waals surface area contributed by atoms with Crippen LogP contribution in [0.15, 0.2) is 35.2 Å². The van der Waals surface area contributed by atoms with Crippen molar-refractivity contribution in [3.05, 3.63) is 30.3 Å². The van der Waals surface area contributed by atoms with Crippen molar-refractivity contribution >= 4 is 16.0 Å². The molecule has 3 heterocycles. The predicted octanol–water partition coefficient (Wildman–Crippen LogP) is 2.32. The summed E-state index contributed by atoms with van der Waals surface area (Å²) in [6.45, 7) is 17.1. The number of nitrogens with zero attached hydrogens (tertiary/aromatic N) is 1. The van der Waals surface area contributed by atoms with E-state index in [1.165, 1.54) is 33.2 Å². The monoisotopic (exact) mass is 860 g/mol. The topological polar surface area (TPSA) is 223 Å². The van der Waals surface area contributed by atoms with E-state index in [9.17, 15) is 38.7 Å². The highest BCUT2D eigenvalue weighted by Gasteiger charge is 2.53. The molecule has 59 heavy (non-hydrogen) atoms. The minimum atomic E-state index is -4.05. The number of likely N-dealkylation sites (N-methyl/N-ethyl adjacent to an activating group) is 1. The lowest BCUT2D eigenvalue weighted by Gasteiger charge is -2.48. The van der Waals surface area contributed by atoms with E-state index in [-0.39, 0.29) is 36.5 Å². The Morgan fingerprint density at radius 3 is 2.15 bits per heavy atom. The van der Waals surface area contributed by atoms with Crippen LogP contribution in [0.3, 0.4) is 0 Å². The fraction of sp³-hybridized carbons (Fsp3) is 0.833. The lowest BCUT2D eigenvalue weighted by Crippen LogP contribution is -2.61. The van der Waals surface area contributed by atoms with E-state index >= 15 is 0 Å². The van der Waals surface area contributed by atoms with Crippen molar-refractivity contribution in [2.75, 3.05) is 20.7 Å². The Labute approximate surface area is 350 Å². The predicted molar refractivity (Wildman–Crippen MR) is 217 cm³/mol. The second kappa shape index (κ2) is 19.7. The third kappa shape index (κ3) is 11.0. The maximum Gasteiger partial charge on any atom is 0.311 e. The second-order valence-corrected chi connectivity index (χ2v) is 20.1. The lowest BCUT2D eigenvalue weighted by atomic mass is 9.77. The molecule has 0 bridgehead atoms. The van der Waals surface area contributed by atoms with Gasteiger partial charge in [0.05, 0.1) is 52.5 Å². The van der Waals surface area contributed by atoms with E-state index in [4.69, 9.17) is 28.4 Å². The number of hydrogen-bond donors (Lipinski definition) is 6. The van der Waals surface area contributed by atoms with Gasteiger partial charge < -0.3 is 59.3 Å². The zero-order valence-electron chi connectivity index (χ0n) is 36.8. The van der Waals surface area contributed by atoms with Crippen LogP contribution in [-0.2, 0) is 43.2 Å². The van der Waals surface area contributed by atoms with Gasteiger partial charge >= 0.3 is 5.97 Å². The summed E-state index contributed by atoms with van der Waals surface area (Å²) in [6, 6.07) is 6.26. The number of benzene rings is 1. The van der Waals surface area contributed by atoms with Crippen molar-refractivity contribution in [3.8, 4) is 0 Å². The molecule has 0 aliphatic carbocycles. The second-order valence-electron chi connectivity index (χ2n) is 18.1. The van der Waals surface area contributed by atoms with Crippen molar-refractivity contribution in [1.82, 2.24) is 9.62 Å². The Kier molecular flexibility index (Phi) is 16.6. The SMILES string of the molecule is CC[C@H]1OC(=O)[C@H](C)[C@@H](O[C@H]2C[C@@](C)(OC)[C@@H](O)[C@H](C)O2)[C@H](C)[C@@H](O[C@@H]2O[C@H](C)C[C@H](N(C)S(=O)(=O)c3ccccc3)[C@H]2O)[C@](C)(O)C[C@@H](C)CN[C@H](C)[C@@H](O)[C@]1(C)O. The molecule has 0 saturated carbocycles. The van der Waals surface area contributed by atoms with Crippen LogP contribution in [0.5, 0.6) is 0 Å². The van der Waals surface area contributed by atoms with Crippen molar-refractivity contribution in [3.63, 3.8) is 0 Å². The fourth-order valence-corrected chi connectivity index (χ4v) is 10.5. The van der Waals surface area contributed by atoms with Crippen LogP contribution in [0.1, 0.15) is 94.9 Å². The maximum atomic E-state index is 14.3. The molecule has 0 unspecified atom stereocenters. The van der Waals surface area contributed by atoms with Crippen molar-refractivity contribution in [2.24, 2.45) is 17.8 Å². The van der Waals surface area contributed by atoms with Crippen LogP contribution >= 0.6 is 0 Å². The zero-order valence-corrected chi connectivity index (χ0v) is 37.7. The molecule has 3 aliphatic heterocycles. The van der Waals surface area contributed by atoms with Gasteiger partial charge in [0.25, 0.3) is 0 Å². The van der Waals surface area contributed by atoms with Crippen LogP contribution in [0.4, 0.5) is 0 Å². The highest BCUT2D eigenvalue weighted by molar-refractivity contribution is 7.89. The Hall–Kier alpha value is -1.84. The first-order valence-electron chi connectivity index (χ1n) is 20.9. The molecule has 4 rings (SSSR count). The highest BCUT2D eigenvalue weighted by Crippen LogP contribution is 2.40. The molecule has 340 valence electrons. The Bertz CT molecular complexity index is 1620. The van der Waals surface area contributed by atoms with Gasteiger partial charge in [-0.2, -0.15) is 4.31 Å². The third-order valence-electron chi connectivity index (χ3n) is 12.9. The molecular formula is C42H72N2O14S. The van der Waals surface area contributed by atoms with Crippen LogP contribution in [0.25, 0.3) is 0 Å². The van der Waals surface area contributed by atoms with Crippen molar-refractivity contribution in [2.45, 2.75) is 190 Å². The molecule has 17 heteroatoms. The van der Waals surface area contributed by atoms with E-state index in [1.54, 1.807) is 73.6 Å². The molecule has 3 saturated heterocycles. The molecule has 18 atom stereocenters. The van der Waals surface area contributed by atoms with Gasteiger partial charge in [0.15, 0.2) is 12.6 Å². The molecule has 3 fully saturated rings. The summed E-state index contributed by atoms with van der Waals surface area (Å²) in [5.41, 5.74) is -4.67. The summed E-state index contributed by atoms with van der Waals surface area (Å²) in [7, 11) is -1.18. The van der Waals surface area contributed by atoms with Gasteiger partial charge in [-0.15, -0.1) is 0 Å². The van der Waals surface area contributed by atoms with Crippen LogP contribution in [-0.4, -0.2) is 155 Å². The number of methoxy groups -OCH3 is 1. The van der Waals surface area contributed by atoms with E-state index in [2.05, 4.69) is 5.32 Å². The summed E-state index contributed by atoms with van der Waals surface area (Å²) in [4.78, 5) is 14.3. The maximum absolute atomic E-state index is 14.3. The molecule has 6 N–H and O–H groups in total. The van der Waals surface area contributed by atoms with E-state index < -0.39 is 118 Å². The Morgan fingerprint density at radius 1 is 0.932 bits per heavy atom. The number of rotatable bonds is 9. The molecular weight excluding hydrogens is 789 g/mol. The van der Waals surface area contributed by atoms with Gasteiger partial charge in [-0.25, -0.2) is 8.42 Å². The summed E-state index contributed by atoms with van der Waals surface area (Å²) in [5.74, 6) is -3.04. The molecule has 0 spiro atoms. The molecule has 16 nitrogen and oxygen atoms in total. The number of hydrogen-bond acceptors (Lipinski definition) is 15. The minimum Gasteiger partial charge on any atom is -0.459 e. The standard InChI is InChI=1S/C42H72N2O14S/c1-13-31-42(10,50)35(46)27(6)43-22-23(2)20-40(8,49)37(25(4)34(26(5)38(48)56-31)57-32-21-41(9,53-12)36(47)28(7)55-32)58-39-33(45)30(19-24(3)54-39)44(11)59(51,52)29-17-15-14-16-18-29/h14-18,23-28,30-37,39,43,45-47,49-50H,13,19-22H2,1-12H3/t23-,24-,25+,26-,27-,28+,30+,31-,32+,33-,34+,35-,36+,37-,39+,40-,41-,42-/m1/s1. The van der Waals surface area contributed by atoms with Gasteiger partial charge in [0, 0.05) is 32.5 Å². The minimum absolute atomic E-state index is 0.0539. The highest BCUT2D eigenvalue weighted by atomic mass is 32.2. The largest absolute Gasteiger partial charge is 0.459 e. The van der Waals surface area contributed by atoms with E-state index in [0.717, 1.165) is 4.31 Å². The number of aliphatic hydroxyl groups excluding tert-OH is 3. The van der Waals surface area contributed by atoms with Crippen LogP contribution in [0, 0.1) is 17.8 Å². The fourth-order valence-electron chi connectivity index (χ4n) is 9.15. The summed E-state index contributed by atoms with van der Waals surface area (Å²) in [6.07, 6.45) is -10.7. The summed E-state index contributed by atoms with van der Waals surface area (Å²) < 4.78 is 66.1. The van der Waals surface area contributed by atoms with Crippen molar-refractivity contribution in [1.29, 1.82) is 0 Å². The molecule has 0 amide bonds. The Balaban J connectivity index is 1.81. The van der Waals surface area contributed by atoms with Gasteiger partial charge in [0.1, 0.15) is 30.0 Å². The number of esters is 1. The number of aliphatic hydroxyl groups is 5.